The third-order valence-corrected chi connectivity index (χ3v) is 5.99. The van der Waals surface area contributed by atoms with Gasteiger partial charge in [0.1, 0.15) is 5.82 Å². The van der Waals surface area contributed by atoms with Gasteiger partial charge in [-0.3, -0.25) is 4.79 Å². The zero-order valence-corrected chi connectivity index (χ0v) is 15.2. The lowest BCUT2D eigenvalue weighted by atomic mass is 10.2. The molecule has 24 heavy (non-hydrogen) atoms. The van der Waals surface area contributed by atoms with E-state index in [1.54, 1.807) is 30.5 Å². The molecule has 0 fully saturated rings. The fourth-order valence-corrected chi connectivity index (χ4v) is 4.39. The standard InChI is InChI=1S/C17H14ClFN2OS2/c1-21(9-11-12(18)5-4-6-13(11)19)16(22)10-23-17-20-14-7-2-3-8-15(14)24-17/h2-8H,9-10H2,1H3. The maximum Gasteiger partial charge on any atom is 0.233 e. The Morgan fingerprint density at radius 1 is 1.29 bits per heavy atom. The van der Waals surface area contributed by atoms with Crippen LogP contribution in [-0.2, 0) is 11.3 Å². The summed E-state index contributed by atoms with van der Waals surface area (Å²) in [6.07, 6.45) is 0. The van der Waals surface area contributed by atoms with E-state index in [0.717, 1.165) is 14.6 Å². The quantitative estimate of drug-likeness (QED) is 0.594. The second-order valence-corrected chi connectivity index (χ2v) is 7.85. The van der Waals surface area contributed by atoms with Gasteiger partial charge in [-0.25, -0.2) is 9.37 Å². The fraction of sp³-hybridized carbons (Fsp3) is 0.176. The molecule has 2 aromatic carbocycles. The van der Waals surface area contributed by atoms with Gasteiger partial charge in [-0.05, 0) is 24.3 Å². The number of aromatic nitrogens is 1. The van der Waals surface area contributed by atoms with E-state index >= 15 is 0 Å². The van der Waals surface area contributed by atoms with Gasteiger partial charge in [0.15, 0.2) is 4.34 Å². The Kier molecular flexibility index (Phi) is 5.38. The summed E-state index contributed by atoms with van der Waals surface area (Å²) in [4.78, 5) is 18.2. The number of hydrogen-bond donors (Lipinski definition) is 0. The summed E-state index contributed by atoms with van der Waals surface area (Å²) in [7, 11) is 1.64. The monoisotopic (exact) mass is 380 g/mol. The van der Waals surface area contributed by atoms with Crippen molar-refractivity contribution in [2.75, 3.05) is 12.8 Å². The number of halogens is 2. The van der Waals surface area contributed by atoms with Crippen molar-refractivity contribution in [1.29, 1.82) is 0 Å². The highest BCUT2D eigenvalue weighted by Gasteiger charge is 2.15. The van der Waals surface area contributed by atoms with E-state index in [4.69, 9.17) is 11.6 Å². The van der Waals surface area contributed by atoms with Crippen molar-refractivity contribution in [3.8, 4) is 0 Å². The van der Waals surface area contributed by atoms with Gasteiger partial charge in [0.25, 0.3) is 0 Å². The predicted octanol–water partition coefficient (Wildman–Crippen LogP) is 4.84. The van der Waals surface area contributed by atoms with Crippen LogP contribution in [0.5, 0.6) is 0 Å². The lowest BCUT2D eigenvalue weighted by molar-refractivity contribution is -0.127. The number of thioether (sulfide) groups is 1. The Labute approximate surface area is 152 Å². The molecule has 3 rings (SSSR count). The first-order valence-electron chi connectivity index (χ1n) is 7.20. The van der Waals surface area contributed by atoms with E-state index in [2.05, 4.69) is 4.98 Å². The minimum absolute atomic E-state index is 0.0985. The molecule has 7 heteroatoms. The Morgan fingerprint density at radius 2 is 2.08 bits per heavy atom. The number of amides is 1. The molecule has 1 aromatic heterocycles. The van der Waals surface area contributed by atoms with E-state index in [1.165, 1.54) is 22.7 Å². The van der Waals surface area contributed by atoms with Crippen molar-refractivity contribution in [2.45, 2.75) is 10.9 Å². The van der Waals surface area contributed by atoms with Crippen LogP contribution in [0.2, 0.25) is 5.02 Å². The molecular weight excluding hydrogens is 367 g/mol. The highest BCUT2D eigenvalue weighted by atomic mass is 35.5. The smallest absolute Gasteiger partial charge is 0.233 e. The van der Waals surface area contributed by atoms with Gasteiger partial charge in [0.2, 0.25) is 5.91 Å². The summed E-state index contributed by atoms with van der Waals surface area (Å²) in [6, 6.07) is 12.4. The number of carbonyl (C=O) groups is 1. The Morgan fingerprint density at radius 3 is 2.83 bits per heavy atom. The van der Waals surface area contributed by atoms with Crippen molar-refractivity contribution >= 4 is 50.8 Å². The third-order valence-electron chi connectivity index (χ3n) is 3.48. The van der Waals surface area contributed by atoms with E-state index in [-0.39, 0.29) is 18.2 Å². The molecule has 3 nitrogen and oxygen atoms in total. The zero-order chi connectivity index (χ0) is 17.1. The van der Waals surface area contributed by atoms with Gasteiger partial charge in [-0.15, -0.1) is 11.3 Å². The second-order valence-electron chi connectivity index (χ2n) is 5.19. The lowest BCUT2D eigenvalue weighted by Crippen LogP contribution is -2.28. The van der Waals surface area contributed by atoms with Crippen molar-refractivity contribution in [2.24, 2.45) is 0 Å². The summed E-state index contributed by atoms with van der Waals surface area (Å²) < 4.78 is 15.8. The van der Waals surface area contributed by atoms with Crippen LogP contribution in [0.15, 0.2) is 46.8 Å². The molecule has 0 bridgehead atoms. The van der Waals surface area contributed by atoms with Crippen LogP contribution >= 0.6 is 34.7 Å². The highest BCUT2D eigenvalue weighted by Crippen LogP contribution is 2.29. The van der Waals surface area contributed by atoms with Crippen molar-refractivity contribution < 1.29 is 9.18 Å². The van der Waals surface area contributed by atoms with E-state index in [1.807, 2.05) is 24.3 Å². The van der Waals surface area contributed by atoms with E-state index < -0.39 is 5.82 Å². The first-order valence-corrected chi connectivity index (χ1v) is 9.38. The maximum atomic E-state index is 13.8. The number of benzene rings is 2. The normalized spacial score (nSPS) is 11.0. The van der Waals surface area contributed by atoms with Crippen molar-refractivity contribution in [3.05, 3.63) is 58.9 Å². The molecule has 0 aliphatic rings. The second kappa shape index (κ2) is 7.51. The van der Waals surface area contributed by atoms with Gasteiger partial charge < -0.3 is 4.90 Å². The average Bonchev–Trinajstić information content (AvgIpc) is 2.99. The molecule has 124 valence electrons. The topological polar surface area (TPSA) is 33.2 Å². The van der Waals surface area contributed by atoms with Crippen LogP contribution in [0.1, 0.15) is 5.56 Å². The zero-order valence-electron chi connectivity index (χ0n) is 12.8. The summed E-state index contributed by atoms with van der Waals surface area (Å²) in [5, 5.41) is 0.327. The Bertz CT molecular complexity index is 831. The SMILES string of the molecule is CN(Cc1c(F)cccc1Cl)C(=O)CSc1nc2ccccc2s1. The molecule has 0 N–H and O–H groups in total. The van der Waals surface area contributed by atoms with Crippen LogP contribution in [0, 0.1) is 5.82 Å². The largest absolute Gasteiger partial charge is 0.341 e. The predicted molar refractivity (Wildman–Crippen MR) is 98.2 cm³/mol. The highest BCUT2D eigenvalue weighted by molar-refractivity contribution is 8.01. The molecule has 1 heterocycles. The fourth-order valence-electron chi connectivity index (χ4n) is 2.16. The van der Waals surface area contributed by atoms with Crippen LogP contribution in [0.3, 0.4) is 0 Å². The number of nitrogens with zero attached hydrogens (tertiary/aromatic N) is 2. The summed E-state index contributed by atoms with van der Waals surface area (Å²) in [6.45, 7) is 0.144. The maximum absolute atomic E-state index is 13.8. The number of carbonyl (C=O) groups excluding carboxylic acids is 1. The lowest BCUT2D eigenvalue weighted by Gasteiger charge is -2.18. The third kappa shape index (κ3) is 3.88. The Balaban J connectivity index is 1.62. The van der Waals surface area contributed by atoms with Gasteiger partial charge in [0, 0.05) is 24.2 Å². The first-order chi connectivity index (χ1) is 11.5. The molecule has 1 amide bonds. The number of hydrogen-bond acceptors (Lipinski definition) is 4. The molecule has 0 atom stereocenters. The van der Waals surface area contributed by atoms with Gasteiger partial charge in [0.05, 0.1) is 16.0 Å². The van der Waals surface area contributed by atoms with Gasteiger partial charge in [-0.1, -0.05) is 41.6 Å². The molecule has 0 aliphatic heterocycles. The number of fused-ring (bicyclic) bond motifs is 1. The van der Waals surface area contributed by atoms with E-state index in [9.17, 15) is 9.18 Å². The number of thiazole rings is 1. The summed E-state index contributed by atoms with van der Waals surface area (Å²) in [5.41, 5.74) is 1.27. The van der Waals surface area contributed by atoms with Gasteiger partial charge >= 0.3 is 0 Å². The Hall–Kier alpha value is -1.63. The average molecular weight is 381 g/mol. The number of para-hydroxylation sites is 1. The molecule has 0 radical (unpaired) electrons. The summed E-state index contributed by atoms with van der Waals surface area (Å²) in [5.74, 6) is -0.248. The van der Waals surface area contributed by atoms with Crippen molar-refractivity contribution in [1.82, 2.24) is 9.88 Å². The summed E-state index contributed by atoms with van der Waals surface area (Å²) >= 11 is 8.96. The van der Waals surface area contributed by atoms with Crippen molar-refractivity contribution in [3.63, 3.8) is 0 Å². The molecule has 3 aromatic rings. The molecule has 0 aliphatic carbocycles. The van der Waals surface area contributed by atoms with Crippen LogP contribution < -0.4 is 0 Å². The molecule has 0 unspecified atom stereocenters. The molecule has 0 saturated heterocycles. The van der Waals surface area contributed by atoms with E-state index in [0.29, 0.717) is 10.6 Å². The molecule has 0 spiro atoms. The first kappa shape index (κ1) is 17.2. The van der Waals surface area contributed by atoms with Crippen LogP contribution in [-0.4, -0.2) is 28.6 Å². The molecule has 0 saturated carbocycles. The van der Waals surface area contributed by atoms with Crippen LogP contribution in [0.4, 0.5) is 4.39 Å². The minimum Gasteiger partial charge on any atom is -0.341 e. The minimum atomic E-state index is -0.402. The van der Waals surface area contributed by atoms with Gasteiger partial charge in [-0.2, -0.15) is 0 Å². The molecular formula is C17H14ClFN2OS2. The van der Waals surface area contributed by atoms with Crippen LogP contribution in [0.25, 0.3) is 10.2 Å². The number of rotatable bonds is 5.